The van der Waals surface area contributed by atoms with Gasteiger partial charge in [0.1, 0.15) is 5.78 Å². The van der Waals surface area contributed by atoms with Crippen molar-refractivity contribution in [3.63, 3.8) is 0 Å². The fourth-order valence-corrected chi connectivity index (χ4v) is 1.77. The van der Waals surface area contributed by atoms with Gasteiger partial charge in [-0.25, -0.2) is 0 Å². The molecule has 0 saturated heterocycles. The van der Waals surface area contributed by atoms with Crippen LogP contribution in [-0.2, 0) is 4.79 Å². The molecule has 1 unspecified atom stereocenters. The summed E-state index contributed by atoms with van der Waals surface area (Å²) >= 11 is 0. The molecule has 2 heteroatoms. The summed E-state index contributed by atoms with van der Waals surface area (Å²) in [5.74, 6) is 0.561. The van der Waals surface area contributed by atoms with E-state index in [1.165, 1.54) is 6.42 Å². The van der Waals surface area contributed by atoms with Gasteiger partial charge >= 0.3 is 0 Å². The minimum Gasteiger partial charge on any atom is -0.300 e. The number of ketones is 1. The second kappa shape index (κ2) is 6.33. The molecule has 15 heavy (non-hydrogen) atoms. The van der Waals surface area contributed by atoms with Crippen LogP contribution in [0.5, 0.6) is 0 Å². The lowest BCUT2D eigenvalue weighted by molar-refractivity contribution is -0.117. The molecule has 1 rings (SSSR count). The van der Waals surface area contributed by atoms with Crippen LogP contribution in [0.4, 0.5) is 0 Å². The molecule has 0 radical (unpaired) electrons. The molecular weight excluding hydrogens is 186 g/mol. The number of Topliss-reactive ketones (excluding diaryl/α,β-unsaturated/α-hetero) is 1. The van der Waals surface area contributed by atoms with Crippen LogP contribution in [-0.4, -0.2) is 10.8 Å². The Hall–Kier alpha value is -1.18. The molecule has 0 aliphatic carbocycles. The Morgan fingerprint density at radius 3 is 2.80 bits per heavy atom. The first kappa shape index (κ1) is 11.9. The maximum Gasteiger partial charge on any atom is 0.130 e. The van der Waals surface area contributed by atoms with Crippen LogP contribution >= 0.6 is 0 Å². The van der Waals surface area contributed by atoms with Crippen LogP contribution in [0, 0.1) is 0 Å². The summed E-state index contributed by atoms with van der Waals surface area (Å²) in [6.45, 7) is 3.82. The highest BCUT2D eigenvalue weighted by Crippen LogP contribution is 2.23. The van der Waals surface area contributed by atoms with E-state index >= 15 is 0 Å². The van der Waals surface area contributed by atoms with Crippen molar-refractivity contribution in [2.24, 2.45) is 0 Å². The highest BCUT2D eigenvalue weighted by atomic mass is 16.1. The van der Waals surface area contributed by atoms with Crippen molar-refractivity contribution in [3.8, 4) is 0 Å². The Balaban J connectivity index is 2.67. The van der Waals surface area contributed by atoms with E-state index in [0.717, 1.165) is 18.5 Å². The number of aromatic nitrogens is 1. The lowest BCUT2D eigenvalue weighted by Gasteiger charge is -2.14. The number of hydrogen-bond donors (Lipinski definition) is 0. The maximum absolute atomic E-state index is 11.2. The predicted octanol–water partition coefficient (Wildman–Crippen LogP) is 3.33. The lowest BCUT2D eigenvalue weighted by atomic mass is 9.93. The van der Waals surface area contributed by atoms with Gasteiger partial charge < -0.3 is 4.79 Å². The molecule has 0 saturated carbocycles. The molecule has 0 amide bonds. The average Bonchev–Trinajstić information content (AvgIpc) is 2.25. The third-order valence-electron chi connectivity index (χ3n) is 2.55. The van der Waals surface area contributed by atoms with Crippen molar-refractivity contribution < 1.29 is 4.79 Å². The lowest BCUT2D eigenvalue weighted by Crippen LogP contribution is -2.06. The third-order valence-corrected chi connectivity index (χ3v) is 2.55. The summed E-state index contributed by atoms with van der Waals surface area (Å²) in [7, 11) is 0. The summed E-state index contributed by atoms with van der Waals surface area (Å²) in [4.78, 5) is 15.5. The van der Waals surface area contributed by atoms with Crippen LogP contribution in [0.3, 0.4) is 0 Å². The van der Waals surface area contributed by atoms with Crippen LogP contribution in [0.15, 0.2) is 24.4 Å². The number of pyridine rings is 1. The monoisotopic (exact) mass is 205 g/mol. The smallest absolute Gasteiger partial charge is 0.130 e. The molecule has 82 valence electrons. The second-order valence-electron chi connectivity index (χ2n) is 4.00. The topological polar surface area (TPSA) is 30.0 Å². The number of rotatable bonds is 6. The molecule has 0 bridgehead atoms. The van der Waals surface area contributed by atoms with Crippen molar-refractivity contribution in [1.29, 1.82) is 0 Å². The largest absolute Gasteiger partial charge is 0.300 e. The first-order valence-electron chi connectivity index (χ1n) is 5.64. The SMILES string of the molecule is CCCCC(CC(C)=O)c1ccccn1. The number of hydrogen-bond acceptors (Lipinski definition) is 2. The van der Waals surface area contributed by atoms with Gasteiger partial charge in [0.05, 0.1) is 0 Å². The average molecular weight is 205 g/mol. The molecule has 0 aliphatic rings. The second-order valence-corrected chi connectivity index (χ2v) is 4.00. The van der Waals surface area contributed by atoms with Crippen LogP contribution < -0.4 is 0 Å². The standard InChI is InChI=1S/C13H19NO/c1-3-4-7-12(10-11(2)15)13-8-5-6-9-14-13/h5-6,8-9,12H,3-4,7,10H2,1-2H3. The molecule has 0 N–H and O–H groups in total. The van der Waals surface area contributed by atoms with Crippen molar-refractivity contribution in [3.05, 3.63) is 30.1 Å². The number of nitrogens with zero attached hydrogens (tertiary/aromatic N) is 1. The minimum absolute atomic E-state index is 0.252. The van der Waals surface area contributed by atoms with Gasteiger partial charge in [-0.15, -0.1) is 0 Å². The fraction of sp³-hybridized carbons (Fsp3) is 0.538. The van der Waals surface area contributed by atoms with Gasteiger partial charge in [0.2, 0.25) is 0 Å². The normalized spacial score (nSPS) is 12.4. The van der Waals surface area contributed by atoms with Gasteiger partial charge in [-0.05, 0) is 25.5 Å². The van der Waals surface area contributed by atoms with E-state index in [2.05, 4.69) is 11.9 Å². The Morgan fingerprint density at radius 1 is 1.47 bits per heavy atom. The van der Waals surface area contributed by atoms with Gasteiger partial charge in [0.15, 0.2) is 0 Å². The zero-order valence-electron chi connectivity index (χ0n) is 9.57. The Kier molecular flexibility index (Phi) is 5.02. The molecule has 0 aliphatic heterocycles. The van der Waals surface area contributed by atoms with Gasteiger partial charge in [-0.1, -0.05) is 25.8 Å². The molecule has 0 fully saturated rings. The first-order chi connectivity index (χ1) is 7.24. The summed E-state index contributed by atoms with van der Waals surface area (Å²) in [5, 5.41) is 0. The van der Waals surface area contributed by atoms with Gasteiger partial charge in [-0.2, -0.15) is 0 Å². The molecule has 1 aromatic heterocycles. The summed E-state index contributed by atoms with van der Waals surface area (Å²) in [6, 6.07) is 5.92. The van der Waals surface area contributed by atoms with Crippen LogP contribution in [0.2, 0.25) is 0 Å². The van der Waals surface area contributed by atoms with Crippen molar-refractivity contribution in [2.45, 2.75) is 45.4 Å². The van der Waals surface area contributed by atoms with Crippen LogP contribution in [0.25, 0.3) is 0 Å². The van der Waals surface area contributed by atoms with Crippen molar-refractivity contribution in [2.75, 3.05) is 0 Å². The third kappa shape index (κ3) is 4.24. The van der Waals surface area contributed by atoms with E-state index in [4.69, 9.17) is 0 Å². The summed E-state index contributed by atoms with van der Waals surface area (Å²) in [6.07, 6.45) is 5.81. The van der Waals surface area contributed by atoms with E-state index in [1.807, 2.05) is 18.2 Å². The molecule has 2 nitrogen and oxygen atoms in total. The van der Waals surface area contributed by atoms with Crippen molar-refractivity contribution >= 4 is 5.78 Å². The van der Waals surface area contributed by atoms with Gasteiger partial charge in [0, 0.05) is 24.2 Å². The molecule has 1 atom stereocenters. The Bertz CT molecular complexity index is 295. The predicted molar refractivity (Wildman–Crippen MR) is 61.8 cm³/mol. The highest BCUT2D eigenvalue weighted by Gasteiger charge is 2.13. The van der Waals surface area contributed by atoms with Crippen molar-refractivity contribution in [1.82, 2.24) is 4.98 Å². The number of unbranched alkanes of at least 4 members (excludes halogenated alkanes) is 1. The number of carbonyl (C=O) groups excluding carboxylic acids is 1. The Labute approximate surface area is 91.7 Å². The fourth-order valence-electron chi connectivity index (χ4n) is 1.77. The maximum atomic E-state index is 11.2. The summed E-state index contributed by atoms with van der Waals surface area (Å²) in [5.41, 5.74) is 1.06. The quantitative estimate of drug-likeness (QED) is 0.713. The molecule has 1 heterocycles. The molecule has 0 spiro atoms. The van der Waals surface area contributed by atoms with E-state index in [9.17, 15) is 4.79 Å². The van der Waals surface area contributed by atoms with Crippen LogP contribution in [0.1, 0.15) is 51.1 Å². The zero-order valence-corrected chi connectivity index (χ0v) is 9.57. The molecular formula is C13H19NO. The zero-order chi connectivity index (χ0) is 11.1. The first-order valence-corrected chi connectivity index (χ1v) is 5.64. The van der Waals surface area contributed by atoms with E-state index in [-0.39, 0.29) is 5.78 Å². The van der Waals surface area contributed by atoms with Gasteiger partial charge in [0.25, 0.3) is 0 Å². The van der Waals surface area contributed by atoms with E-state index in [1.54, 1.807) is 13.1 Å². The Morgan fingerprint density at radius 2 is 2.27 bits per heavy atom. The van der Waals surface area contributed by atoms with E-state index in [0.29, 0.717) is 12.3 Å². The summed E-state index contributed by atoms with van der Waals surface area (Å²) < 4.78 is 0. The highest BCUT2D eigenvalue weighted by molar-refractivity contribution is 5.76. The minimum atomic E-state index is 0.252. The van der Waals surface area contributed by atoms with Gasteiger partial charge in [-0.3, -0.25) is 4.98 Å². The molecule has 0 aromatic carbocycles. The van der Waals surface area contributed by atoms with E-state index < -0.39 is 0 Å². The number of carbonyl (C=O) groups is 1. The molecule has 1 aromatic rings.